The molecule has 8 heteroatoms. The number of nitrogens with one attached hydrogen (secondary N) is 1. The lowest BCUT2D eigenvalue weighted by molar-refractivity contribution is -0.123. The van der Waals surface area contributed by atoms with E-state index < -0.39 is 11.9 Å². The number of rotatable bonds is 3. The van der Waals surface area contributed by atoms with Crippen LogP contribution in [0.5, 0.6) is 0 Å². The lowest BCUT2D eigenvalue weighted by atomic mass is 9.69. The van der Waals surface area contributed by atoms with Crippen LogP contribution in [0, 0.1) is 16.7 Å². The summed E-state index contributed by atoms with van der Waals surface area (Å²) in [4.78, 5) is 36.7. The predicted octanol–water partition coefficient (Wildman–Crippen LogP) is 2.26. The topological polar surface area (TPSA) is 126 Å². The first-order valence-corrected chi connectivity index (χ1v) is 9.51. The molecule has 0 aromatic heterocycles. The van der Waals surface area contributed by atoms with Gasteiger partial charge in [0.2, 0.25) is 5.91 Å². The number of hydrazine groups is 1. The number of hydrogen-bond acceptors (Lipinski definition) is 7. The van der Waals surface area contributed by atoms with Gasteiger partial charge in [0, 0.05) is 18.9 Å². The Bertz CT molecular complexity index is 1030. The zero-order valence-corrected chi connectivity index (χ0v) is 17.4. The maximum Gasteiger partial charge on any atom is 0.337 e. The molecule has 1 heterocycles. The second-order valence-electron chi connectivity index (χ2n) is 8.26. The molecular formula is C22H24N4O4. The number of esters is 1. The first-order valence-electron chi connectivity index (χ1n) is 9.51. The molecule has 1 aromatic carbocycles. The zero-order chi connectivity index (χ0) is 22.2. The van der Waals surface area contributed by atoms with E-state index >= 15 is 0 Å². The third-order valence-electron chi connectivity index (χ3n) is 5.32. The molecule has 0 saturated carbocycles. The van der Waals surface area contributed by atoms with E-state index in [2.05, 4.69) is 11.5 Å². The van der Waals surface area contributed by atoms with Gasteiger partial charge in [-0.05, 0) is 29.5 Å². The van der Waals surface area contributed by atoms with Gasteiger partial charge in [-0.15, -0.1) is 0 Å². The minimum Gasteiger partial charge on any atom is -0.465 e. The molecule has 0 spiro atoms. The second kappa shape index (κ2) is 7.67. The summed E-state index contributed by atoms with van der Waals surface area (Å²) in [7, 11) is 1.30. The van der Waals surface area contributed by atoms with Crippen molar-refractivity contribution in [3.63, 3.8) is 0 Å². The number of methoxy groups -OCH3 is 1. The maximum absolute atomic E-state index is 13.2. The molecule has 2 aliphatic rings. The van der Waals surface area contributed by atoms with E-state index in [9.17, 15) is 19.6 Å². The molecule has 1 aromatic rings. The average molecular weight is 408 g/mol. The number of carbonyl (C=O) groups excluding carboxylic acids is 3. The Morgan fingerprint density at radius 1 is 1.27 bits per heavy atom. The number of nitriles is 1. The van der Waals surface area contributed by atoms with Crippen molar-refractivity contribution in [2.24, 2.45) is 11.1 Å². The van der Waals surface area contributed by atoms with Crippen molar-refractivity contribution in [2.45, 2.75) is 39.5 Å². The summed E-state index contributed by atoms with van der Waals surface area (Å²) in [5, 5.41) is 11.2. The molecule has 1 unspecified atom stereocenters. The first-order chi connectivity index (χ1) is 14.1. The van der Waals surface area contributed by atoms with Gasteiger partial charge in [-0.25, -0.2) is 9.80 Å². The summed E-state index contributed by atoms with van der Waals surface area (Å²) < 4.78 is 4.73. The van der Waals surface area contributed by atoms with Gasteiger partial charge in [-0.2, -0.15) is 5.26 Å². The minimum absolute atomic E-state index is 0.0824. The Morgan fingerprint density at radius 2 is 1.90 bits per heavy atom. The Balaban J connectivity index is 2.20. The van der Waals surface area contributed by atoms with Crippen LogP contribution in [-0.2, 0) is 14.3 Å². The second-order valence-corrected chi connectivity index (χ2v) is 8.26. The van der Waals surface area contributed by atoms with Gasteiger partial charge in [0.05, 0.1) is 35.9 Å². The summed E-state index contributed by atoms with van der Waals surface area (Å²) in [6.45, 7) is 5.29. The van der Waals surface area contributed by atoms with Gasteiger partial charge in [0.25, 0.3) is 0 Å². The first kappa shape index (κ1) is 21.1. The Hall–Kier alpha value is -3.60. The number of allylic oxidation sites excluding steroid dienone is 3. The summed E-state index contributed by atoms with van der Waals surface area (Å²) in [5.41, 5.74) is 10.8. The third-order valence-corrected chi connectivity index (χ3v) is 5.32. The predicted molar refractivity (Wildman–Crippen MR) is 108 cm³/mol. The fraction of sp³-hybridized carbons (Fsp3) is 0.364. The third kappa shape index (κ3) is 3.66. The number of ketones is 1. The molecule has 0 saturated heterocycles. The molecule has 8 nitrogen and oxygen atoms in total. The van der Waals surface area contributed by atoms with Crippen LogP contribution in [0.2, 0.25) is 0 Å². The molecule has 0 radical (unpaired) electrons. The maximum atomic E-state index is 13.2. The van der Waals surface area contributed by atoms with Crippen molar-refractivity contribution in [3.8, 4) is 6.07 Å². The lowest BCUT2D eigenvalue weighted by Gasteiger charge is -2.43. The molecule has 3 N–H and O–H groups in total. The smallest absolute Gasteiger partial charge is 0.337 e. The number of hydrogen-bond donors (Lipinski definition) is 2. The van der Waals surface area contributed by atoms with Crippen LogP contribution >= 0.6 is 0 Å². The van der Waals surface area contributed by atoms with Gasteiger partial charge in [0.1, 0.15) is 5.82 Å². The number of amides is 1. The van der Waals surface area contributed by atoms with Gasteiger partial charge in [-0.3, -0.25) is 15.0 Å². The van der Waals surface area contributed by atoms with Gasteiger partial charge in [0.15, 0.2) is 5.78 Å². The zero-order valence-electron chi connectivity index (χ0n) is 17.4. The minimum atomic E-state index is -0.676. The molecule has 1 atom stereocenters. The van der Waals surface area contributed by atoms with Crippen LogP contribution in [0.4, 0.5) is 0 Å². The fourth-order valence-corrected chi connectivity index (χ4v) is 4.06. The monoisotopic (exact) mass is 408 g/mol. The van der Waals surface area contributed by atoms with Crippen LogP contribution in [0.3, 0.4) is 0 Å². The van der Waals surface area contributed by atoms with Crippen molar-refractivity contribution < 1.29 is 19.1 Å². The highest BCUT2D eigenvalue weighted by Crippen LogP contribution is 2.48. The molecule has 0 bridgehead atoms. The molecule has 156 valence electrons. The van der Waals surface area contributed by atoms with E-state index in [0.29, 0.717) is 35.2 Å². The number of nitrogens with two attached hydrogens (primary N) is 1. The highest BCUT2D eigenvalue weighted by molar-refractivity contribution is 6.00. The molecule has 1 aliphatic heterocycles. The van der Waals surface area contributed by atoms with Crippen molar-refractivity contribution in [1.82, 2.24) is 10.4 Å². The average Bonchev–Trinajstić information content (AvgIpc) is 2.68. The lowest BCUT2D eigenvalue weighted by Crippen LogP contribution is -2.49. The van der Waals surface area contributed by atoms with Gasteiger partial charge in [-0.1, -0.05) is 26.0 Å². The molecule has 1 amide bonds. The summed E-state index contributed by atoms with van der Waals surface area (Å²) >= 11 is 0. The van der Waals surface area contributed by atoms with E-state index in [1.165, 1.54) is 19.0 Å². The van der Waals surface area contributed by atoms with Crippen molar-refractivity contribution in [1.29, 1.82) is 5.26 Å². The molecular weight excluding hydrogens is 384 g/mol. The molecule has 0 fully saturated rings. The number of carbonyl (C=O) groups is 3. The van der Waals surface area contributed by atoms with Crippen LogP contribution in [0.25, 0.3) is 0 Å². The van der Waals surface area contributed by atoms with Crippen LogP contribution in [-0.4, -0.2) is 29.8 Å². The summed E-state index contributed by atoms with van der Waals surface area (Å²) in [6.07, 6.45) is 0.819. The van der Waals surface area contributed by atoms with E-state index in [-0.39, 0.29) is 28.5 Å². The summed E-state index contributed by atoms with van der Waals surface area (Å²) in [5.74, 6) is -1.53. The Kier molecular flexibility index (Phi) is 5.40. The Morgan fingerprint density at radius 3 is 2.43 bits per heavy atom. The van der Waals surface area contributed by atoms with Crippen LogP contribution in [0.1, 0.15) is 55.5 Å². The van der Waals surface area contributed by atoms with Crippen molar-refractivity contribution in [3.05, 3.63) is 58.1 Å². The number of benzene rings is 1. The van der Waals surface area contributed by atoms with Crippen LogP contribution in [0.15, 0.2) is 46.9 Å². The van der Waals surface area contributed by atoms with Gasteiger partial charge < -0.3 is 10.5 Å². The number of ether oxygens (including phenoxy) is 1. The van der Waals surface area contributed by atoms with E-state index in [0.717, 1.165) is 0 Å². The van der Waals surface area contributed by atoms with E-state index in [4.69, 9.17) is 10.5 Å². The SMILES string of the molecule is COC(=O)c1ccc(C2C(C#N)=C(N)N(NC(C)=O)C3=C2C(=O)CC(C)(C)C3)cc1. The highest BCUT2D eigenvalue weighted by Gasteiger charge is 2.44. The Labute approximate surface area is 174 Å². The largest absolute Gasteiger partial charge is 0.465 e. The molecule has 1 aliphatic carbocycles. The van der Waals surface area contributed by atoms with E-state index in [1.54, 1.807) is 24.3 Å². The standard InChI is InChI=1S/C22H24N4O4/c1-12(27)25-26-16-9-22(2,3)10-17(28)19(16)18(15(11-23)20(26)24)13-5-7-14(8-6-13)21(29)30-4/h5-8,18H,9-10,24H2,1-4H3,(H,25,27). The van der Waals surface area contributed by atoms with Crippen LogP contribution < -0.4 is 11.2 Å². The molecule has 3 rings (SSSR count). The number of Topliss-reactive ketones (excluding diaryl/α,β-unsaturated/α-hetero) is 1. The summed E-state index contributed by atoms with van der Waals surface area (Å²) in [6, 6.07) is 8.66. The normalized spacial score (nSPS) is 20.4. The molecule has 30 heavy (non-hydrogen) atoms. The van der Waals surface area contributed by atoms with Crippen molar-refractivity contribution in [2.75, 3.05) is 7.11 Å². The quantitative estimate of drug-likeness (QED) is 0.735. The van der Waals surface area contributed by atoms with Crippen molar-refractivity contribution >= 4 is 17.7 Å². The van der Waals surface area contributed by atoms with E-state index in [1.807, 2.05) is 13.8 Å². The fourth-order valence-electron chi connectivity index (χ4n) is 4.06. The number of nitrogens with zero attached hydrogens (tertiary/aromatic N) is 2. The van der Waals surface area contributed by atoms with Gasteiger partial charge >= 0.3 is 5.97 Å². The highest BCUT2D eigenvalue weighted by atomic mass is 16.5.